The van der Waals surface area contributed by atoms with Crippen LogP contribution in [0.3, 0.4) is 0 Å². The molecule has 522 valence electrons. The minimum Gasteiger partial charge on any atom is -0.391 e. The van der Waals surface area contributed by atoms with Crippen LogP contribution in [0, 0.1) is 42.4 Å². The highest BCUT2D eigenvalue weighted by molar-refractivity contribution is 7.22. The summed E-state index contributed by atoms with van der Waals surface area (Å²) in [6, 6.07) is 20.0. The summed E-state index contributed by atoms with van der Waals surface area (Å²) >= 11 is 3.26. The Kier molecular flexibility index (Phi) is 20.1. The second-order valence-corrected chi connectivity index (χ2v) is 32.7. The summed E-state index contributed by atoms with van der Waals surface area (Å²) in [6.45, 7) is 25.1. The van der Waals surface area contributed by atoms with Gasteiger partial charge in [0.25, 0.3) is 5.91 Å². The van der Waals surface area contributed by atoms with E-state index < -0.39 is 29.5 Å². The molecule has 7 aromatic rings. The summed E-state index contributed by atoms with van der Waals surface area (Å²) < 4.78 is 22.2. The number of hydrogen-bond acceptors (Lipinski definition) is 18. The molecule has 5 N–H and O–H groups in total. The number of pyridine rings is 1. The van der Waals surface area contributed by atoms with Gasteiger partial charge in [0, 0.05) is 78.4 Å². The number of fused-ring (bicyclic) bond motifs is 2. The third kappa shape index (κ3) is 15.0. The zero-order valence-electron chi connectivity index (χ0n) is 58.4. The molecule has 4 aliphatic carbocycles. The Balaban J connectivity index is 0.637. The number of hydrogen-bond donors (Lipinski definition) is 5. The van der Waals surface area contributed by atoms with Crippen LogP contribution in [0.25, 0.3) is 31.8 Å². The van der Waals surface area contributed by atoms with Gasteiger partial charge in [0.1, 0.15) is 23.6 Å². The number of aromatic nitrogens is 6. The van der Waals surface area contributed by atoms with Crippen molar-refractivity contribution in [3.8, 4) is 21.6 Å². The van der Waals surface area contributed by atoms with Gasteiger partial charge >= 0.3 is 0 Å². The number of carbonyl (C=O) groups is 4. The van der Waals surface area contributed by atoms with E-state index in [1.54, 1.807) is 22.7 Å². The van der Waals surface area contributed by atoms with E-state index in [1.165, 1.54) is 47.7 Å². The van der Waals surface area contributed by atoms with E-state index in [-0.39, 0.29) is 104 Å². The fourth-order valence-electron chi connectivity index (χ4n) is 17.8. The number of benzene rings is 2. The average molecular weight is 1370 g/mol. The van der Waals surface area contributed by atoms with E-state index >= 15 is 0 Å². The first kappa shape index (κ1) is 69.2. The lowest BCUT2D eigenvalue weighted by Crippen LogP contribution is -2.64. The van der Waals surface area contributed by atoms with Gasteiger partial charge in [-0.05, 0) is 179 Å². The number of aliphatic hydroxyl groups excluding tert-OH is 1. The number of aryl methyl sites for hydroxylation is 1. The maximum Gasteiger partial charge on any atom is 0.270 e. The number of nitrogens with zero attached hydrogens (tertiary/aromatic N) is 9. The molecule has 6 atom stereocenters. The number of likely N-dealkylation sites (tertiary alicyclic amines) is 2. The summed E-state index contributed by atoms with van der Waals surface area (Å²) in [5.41, 5.74) is 8.53. The van der Waals surface area contributed by atoms with Crippen LogP contribution in [0.15, 0.2) is 78.3 Å². The molecule has 6 fully saturated rings. The van der Waals surface area contributed by atoms with Gasteiger partial charge in [-0.25, -0.2) is 9.97 Å². The van der Waals surface area contributed by atoms with Gasteiger partial charge in [-0.15, -0.1) is 21.5 Å². The van der Waals surface area contributed by atoms with Gasteiger partial charge in [0.05, 0.1) is 67.2 Å². The Morgan fingerprint density at radius 3 is 2.30 bits per heavy atom. The van der Waals surface area contributed by atoms with Crippen LogP contribution in [-0.2, 0) is 41.6 Å². The first-order valence-electron chi connectivity index (χ1n) is 35.3. The van der Waals surface area contributed by atoms with Crippen molar-refractivity contribution in [3.63, 3.8) is 0 Å². The Hall–Kier alpha value is -7.25. The third-order valence-corrected chi connectivity index (χ3v) is 23.4. The number of amides is 4. The topological polar surface area (TPSA) is 243 Å². The molecule has 21 nitrogen and oxygen atoms in total. The SMILES string of the molecule is Cc1ccsc1-c1ccc([C@H](C)NC(=O)[C@@H]2C[C@@H](O)CN2C(=O)[C@@H](NC(=O)CCOCCOCCNC(=O)c2nc(N3CCCc4c3nnc(Nc3nc5ccccc5s3)c4C)ccc2-c2cnn(CC34CC5(C)CC(C)(C3)CC(OCCN3CCCC3)(C5)C4)c2C)C(C)(C)C)cc1. The minimum absolute atomic E-state index is 0.0233. The molecule has 4 saturated carbocycles. The van der Waals surface area contributed by atoms with Crippen molar-refractivity contribution in [3.05, 3.63) is 112 Å². The Labute approximate surface area is 583 Å². The number of thiophene rings is 1. The predicted molar refractivity (Wildman–Crippen MR) is 383 cm³/mol. The van der Waals surface area contributed by atoms with E-state index in [2.05, 4.69) is 87.9 Å². The fraction of sp³-hybridized carbons (Fsp3) is 0.560. The maximum atomic E-state index is 14.8. The van der Waals surface area contributed by atoms with Gasteiger partial charge in [-0.2, -0.15) is 5.10 Å². The number of rotatable bonds is 26. The van der Waals surface area contributed by atoms with Crippen molar-refractivity contribution in [2.45, 2.75) is 176 Å². The zero-order valence-corrected chi connectivity index (χ0v) is 60.1. The van der Waals surface area contributed by atoms with Crippen LogP contribution in [0.5, 0.6) is 0 Å². The lowest BCUT2D eigenvalue weighted by molar-refractivity contribution is -0.248. The molecule has 5 aromatic heterocycles. The van der Waals surface area contributed by atoms with Crippen molar-refractivity contribution in [2.75, 3.05) is 82.5 Å². The van der Waals surface area contributed by atoms with Gasteiger partial charge in [-0.3, -0.25) is 23.9 Å². The molecule has 98 heavy (non-hydrogen) atoms. The van der Waals surface area contributed by atoms with Gasteiger partial charge < -0.3 is 55.3 Å². The summed E-state index contributed by atoms with van der Waals surface area (Å²) in [6.07, 6.45) is 12.0. The number of carbonyl (C=O) groups excluding carboxylic acids is 4. The monoisotopic (exact) mass is 1370 g/mol. The van der Waals surface area contributed by atoms with Gasteiger partial charge in [-0.1, -0.05) is 82.4 Å². The highest BCUT2D eigenvalue weighted by atomic mass is 32.1. The third-order valence-electron chi connectivity index (χ3n) is 21.4. The van der Waals surface area contributed by atoms with Crippen molar-refractivity contribution in [1.29, 1.82) is 0 Å². The van der Waals surface area contributed by atoms with Crippen molar-refractivity contribution in [1.82, 2.24) is 55.7 Å². The number of anilines is 4. The highest BCUT2D eigenvalue weighted by Crippen LogP contribution is 2.72. The highest BCUT2D eigenvalue weighted by Gasteiger charge is 2.66. The molecule has 7 aliphatic rings. The molecular formula is C75H97N13O8S2. The minimum atomic E-state index is -0.976. The predicted octanol–water partition coefficient (Wildman–Crippen LogP) is 11.6. The summed E-state index contributed by atoms with van der Waals surface area (Å²) in [7, 11) is 0. The summed E-state index contributed by atoms with van der Waals surface area (Å²) in [5, 5.41) is 40.8. The van der Waals surface area contributed by atoms with E-state index in [9.17, 15) is 24.3 Å². The molecule has 4 amide bonds. The van der Waals surface area contributed by atoms with Crippen LogP contribution < -0.4 is 26.2 Å². The Morgan fingerprint density at radius 1 is 0.806 bits per heavy atom. The number of ether oxygens (including phenoxy) is 3. The molecule has 14 rings (SSSR count). The van der Waals surface area contributed by atoms with Crippen LogP contribution in [-0.4, -0.2) is 165 Å². The molecule has 4 bridgehead atoms. The standard InChI is InChI=1S/C75H97N13O8S2/c1-47-25-36-97-63(47)52-20-18-51(19-21-52)49(3)78-67(91)58-37-53(89)39-87(58)69(93)64(71(5,6)7)81-61(90)24-31-94-34-35-95-32-26-76-68(92)62-55(22-23-60(80-62)86-29-14-15-54-48(2)65(83-84-66(54)86)82-70-79-57-16-10-11-17-59(57)98-70)56-38-77-88(50(56)4)46-74-41-72(8)40-73(9,42-74)44-75(43-72,45-74)96-33-30-85-27-12-13-28-85/h10-11,16-23,25,36,38,49,53,58,64,89H,12-15,24,26-35,37,39-46H2,1-9H3,(H,76,92)(H,78,91)(H,81,90)(H,79,82,83)/t49-,53+,58-,64+,72?,73?,74?,75?/m0/s1. The largest absolute Gasteiger partial charge is 0.391 e. The second-order valence-electron chi connectivity index (χ2n) is 30.7. The lowest BCUT2D eigenvalue weighted by atomic mass is 9.39. The number of β-amino-alcohol motifs (C(OH)–C–C–N with tert-alkyl or cyclic N) is 1. The van der Waals surface area contributed by atoms with Crippen molar-refractivity contribution in [2.24, 2.45) is 21.7 Å². The molecule has 0 radical (unpaired) electrons. The van der Waals surface area contributed by atoms with Crippen molar-refractivity contribution < 1.29 is 38.5 Å². The van der Waals surface area contributed by atoms with Gasteiger partial charge in [0.2, 0.25) is 17.7 Å². The quantitative estimate of drug-likeness (QED) is 0.0317. The lowest BCUT2D eigenvalue weighted by Gasteiger charge is -2.69. The zero-order chi connectivity index (χ0) is 68.7. The number of para-hydroxylation sites is 1. The maximum absolute atomic E-state index is 14.8. The van der Waals surface area contributed by atoms with E-state index in [4.69, 9.17) is 39.5 Å². The van der Waals surface area contributed by atoms with Gasteiger partial charge in [0.15, 0.2) is 16.8 Å². The number of nitrogens with one attached hydrogen (secondary N) is 4. The molecule has 2 unspecified atom stereocenters. The fourth-order valence-corrected chi connectivity index (χ4v) is 19.6. The summed E-state index contributed by atoms with van der Waals surface area (Å²) in [4.78, 5) is 73.7. The average Bonchev–Trinajstić information content (AvgIpc) is 0.751. The normalized spacial score (nSPS) is 24.3. The van der Waals surface area contributed by atoms with Crippen molar-refractivity contribution >= 4 is 79.1 Å². The second kappa shape index (κ2) is 28.4. The van der Waals surface area contributed by atoms with E-state index in [0.717, 1.165) is 114 Å². The van der Waals surface area contributed by atoms with E-state index in [1.807, 2.05) is 88.5 Å². The van der Waals surface area contributed by atoms with E-state index in [0.29, 0.717) is 29.6 Å². The first-order valence-corrected chi connectivity index (χ1v) is 37.0. The molecule has 2 saturated heterocycles. The Morgan fingerprint density at radius 2 is 1.56 bits per heavy atom. The molecule has 3 aliphatic heterocycles. The molecule has 2 aromatic carbocycles. The van der Waals surface area contributed by atoms with Crippen LogP contribution in [0.1, 0.15) is 157 Å². The van der Waals surface area contributed by atoms with Crippen LogP contribution in [0.4, 0.5) is 22.6 Å². The van der Waals surface area contributed by atoms with Crippen LogP contribution in [0.2, 0.25) is 0 Å². The number of thiazole rings is 1. The summed E-state index contributed by atoms with van der Waals surface area (Å²) in [5.74, 6) is 0.406. The first-order chi connectivity index (χ1) is 46.9. The molecule has 0 spiro atoms. The molecule has 8 heterocycles. The van der Waals surface area contributed by atoms with Crippen LogP contribution >= 0.6 is 22.7 Å². The number of aliphatic hydroxyl groups is 1. The Bertz CT molecular complexity index is 4010. The molecule has 23 heteroatoms. The molecular weight excluding hydrogens is 1280 g/mol. The smallest absolute Gasteiger partial charge is 0.270 e.